The van der Waals surface area contributed by atoms with E-state index in [1.807, 2.05) is 48.5 Å². The van der Waals surface area contributed by atoms with Crippen LogP contribution in [-0.4, -0.2) is 12.5 Å². The number of nitrogens with one attached hydrogen (secondary N) is 1. The van der Waals surface area contributed by atoms with Crippen molar-refractivity contribution in [2.75, 3.05) is 6.61 Å². The van der Waals surface area contributed by atoms with Crippen LogP contribution in [0.3, 0.4) is 0 Å². The second kappa shape index (κ2) is 9.26. The molecule has 0 saturated carbocycles. The minimum atomic E-state index is -0.262. The number of nitriles is 1. The fourth-order valence-electron chi connectivity index (χ4n) is 2.19. The molecule has 23 heavy (non-hydrogen) atoms. The molecule has 0 saturated heterocycles. The van der Waals surface area contributed by atoms with E-state index in [9.17, 15) is 4.79 Å². The highest BCUT2D eigenvalue weighted by molar-refractivity contribution is 5.77. The zero-order valence-corrected chi connectivity index (χ0v) is 13.0. The predicted octanol–water partition coefficient (Wildman–Crippen LogP) is 3.23. The number of benzene rings is 2. The Balaban J connectivity index is 1.74. The first-order chi connectivity index (χ1) is 11.3. The van der Waals surface area contributed by atoms with E-state index in [0.29, 0.717) is 13.2 Å². The van der Waals surface area contributed by atoms with Crippen LogP contribution >= 0.6 is 0 Å². The first-order valence-electron chi connectivity index (χ1n) is 7.67. The van der Waals surface area contributed by atoms with Crippen LogP contribution in [0.15, 0.2) is 54.6 Å². The lowest BCUT2D eigenvalue weighted by molar-refractivity contribution is -0.120. The summed E-state index contributed by atoms with van der Waals surface area (Å²) in [6, 6.07) is 19.8. The molecule has 0 fully saturated rings. The fourth-order valence-corrected chi connectivity index (χ4v) is 2.19. The molecule has 4 heteroatoms. The molecule has 1 amide bonds. The third kappa shape index (κ3) is 6.23. The SMILES string of the molecule is N#CCC(=O)NCc1cccc(OCCCc2ccccc2)c1. The van der Waals surface area contributed by atoms with E-state index in [0.717, 1.165) is 24.2 Å². The van der Waals surface area contributed by atoms with Gasteiger partial charge >= 0.3 is 0 Å². The molecular weight excluding hydrogens is 288 g/mol. The van der Waals surface area contributed by atoms with E-state index in [-0.39, 0.29) is 12.3 Å². The molecule has 0 atom stereocenters. The number of hydrogen-bond donors (Lipinski definition) is 1. The summed E-state index contributed by atoms with van der Waals surface area (Å²) in [6.45, 7) is 1.06. The van der Waals surface area contributed by atoms with E-state index in [2.05, 4.69) is 17.4 Å². The van der Waals surface area contributed by atoms with Gasteiger partial charge in [-0.3, -0.25) is 4.79 Å². The zero-order chi connectivity index (χ0) is 16.3. The number of rotatable bonds is 8. The van der Waals surface area contributed by atoms with Crippen molar-refractivity contribution in [3.8, 4) is 11.8 Å². The average molecular weight is 308 g/mol. The maximum atomic E-state index is 11.3. The molecule has 2 rings (SSSR count). The summed E-state index contributed by atoms with van der Waals surface area (Å²) in [6.07, 6.45) is 1.83. The van der Waals surface area contributed by atoms with Crippen molar-refractivity contribution >= 4 is 5.91 Å². The maximum Gasteiger partial charge on any atom is 0.234 e. The average Bonchev–Trinajstić information content (AvgIpc) is 2.59. The van der Waals surface area contributed by atoms with Crippen LogP contribution in [0.5, 0.6) is 5.75 Å². The van der Waals surface area contributed by atoms with Crippen molar-refractivity contribution < 1.29 is 9.53 Å². The predicted molar refractivity (Wildman–Crippen MR) is 88.8 cm³/mol. The Morgan fingerprint density at radius 3 is 2.65 bits per heavy atom. The Morgan fingerprint density at radius 1 is 1.09 bits per heavy atom. The summed E-state index contributed by atoms with van der Waals surface area (Å²) in [5.74, 6) is 0.534. The van der Waals surface area contributed by atoms with Crippen molar-refractivity contribution in [3.05, 3.63) is 65.7 Å². The maximum absolute atomic E-state index is 11.3. The van der Waals surface area contributed by atoms with Crippen molar-refractivity contribution in [2.45, 2.75) is 25.8 Å². The van der Waals surface area contributed by atoms with E-state index < -0.39 is 0 Å². The standard InChI is InChI=1S/C19H20N2O2/c20-12-11-19(22)21-15-17-8-4-10-18(14-17)23-13-5-9-16-6-2-1-3-7-16/h1-4,6-8,10,14H,5,9,11,13,15H2,(H,21,22). The van der Waals surface area contributed by atoms with Gasteiger partial charge in [-0.1, -0.05) is 42.5 Å². The molecule has 0 aliphatic heterocycles. The van der Waals surface area contributed by atoms with Gasteiger partial charge in [0.05, 0.1) is 12.7 Å². The largest absolute Gasteiger partial charge is 0.494 e. The van der Waals surface area contributed by atoms with Crippen molar-refractivity contribution in [1.29, 1.82) is 5.26 Å². The third-order valence-electron chi connectivity index (χ3n) is 3.35. The summed E-state index contributed by atoms with van der Waals surface area (Å²) < 4.78 is 5.76. The van der Waals surface area contributed by atoms with Crippen molar-refractivity contribution in [3.63, 3.8) is 0 Å². The monoisotopic (exact) mass is 308 g/mol. The summed E-state index contributed by atoms with van der Waals surface area (Å²) in [5, 5.41) is 11.1. The molecule has 0 aliphatic rings. The zero-order valence-electron chi connectivity index (χ0n) is 13.0. The normalized spacial score (nSPS) is 9.87. The number of nitrogens with zero attached hydrogens (tertiary/aromatic N) is 1. The highest BCUT2D eigenvalue weighted by Gasteiger charge is 2.01. The molecule has 0 radical (unpaired) electrons. The van der Waals surface area contributed by atoms with Gasteiger partial charge in [-0.05, 0) is 36.1 Å². The summed E-state index contributed by atoms with van der Waals surface area (Å²) in [4.78, 5) is 11.3. The van der Waals surface area contributed by atoms with Gasteiger partial charge in [0.1, 0.15) is 12.2 Å². The van der Waals surface area contributed by atoms with E-state index in [1.165, 1.54) is 5.56 Å². The van der Waals surface area contributed by atoms with Crippen LogP contribution in [0.1, 0.15) is 24.0 Å². The van der Waals surface area contributed by atoms with Gasteiger partial charge in [0.25, 0.3) is 0 Å². The molecule has 0 bridgehead atoms. The van der Waals surface area contributed by atoms with Crippen LogP contribution in [0, 0.1) is 11.3 Å². The van der Waals surface area contributed by atoms with Gasteiger partial charge in [0, 0.05) is 6.54 Å². The Bertz CT molecular complexity index is 663. The van der Waals surface area contributed by atoms with Gasteiger partial charge in [0.2, 0.25) is 5.91 Å². The topological polar surface area (TPSA) is 62.1 Å². The molecule has 2 aromatic carbocycles. The summed E-state index contributed by atoms with van der Waals surface area (Å²) in [7, 11) is 0. The number of ether oxygens (including phenoxy) is 1. The highest BCUT2D eigenvalue weighted by atomic mass is 16.5. The van der Waals surface area contributed by atoms with Crippen LogP contribution in [-0.2, 0) is 17.8 Å². The highest BCUT2D eigenvalue weighted by Crippen LogP contribution is 2.14. The van der Waals surface area contributed by atoms with E-state index >= 15 is 0 Å². The molecule has 0 spiro atoms. The molecule has 118 valence electrons. The quantitative estimate of drug-likeness (QED) is 0.762. The number of hydrogen-bond acceptors (Lipinski definition) is 3. The first kappa shape index (κ1) is 16.6. The molecule has 0 unspecified atom stereocenters. The van der Waals surface area contributed by atoms with Gasteiger partial charge < -0.3 is 10.1 Å². The van der Waals surface area contributed by atoms with E-state index in [1.54, 1.807) is 0 Å². The minimum Gasteiger partial charge on any atom is -0.494 e. The number of carbonyl (C=O) groups is 1. The molecule has 0 heterocycles. The Morgan fingerprint density at radius 2 is 1.87 bits per heavy atom. The number of carbonyl (C=O) groups excluding carboxylic acids is 1. The lowest BCUT2D eigenvalue weighted by atomic mass is 10.1. The van der Waals surface area contributed by atoms with Crippen LogP contribution in [0.2, 0.25) is 0 Å². The second-order valence-corrected chi connectivity index (χ2v) is 5.20. The molecule has 2 aromatic rings. The van der Waals surface area contributed by atoms with Gasteiger partial charge in [-0.2, -0.15) is 5.26 Å². The molecule has 1 N–H and O–H groups in total. The Hall–Kier alpha value is -2.80. The van der Waals surface area contributed by atoms with Crippen LogP contribution < -0.4 is 10.1 Å². The molecule has 0 aromatic heterocycles. The lowest BCUT2D eigenvalue weighted by Crippen LogP contribution is -2.21. The minimum absolute atomic E-state index is 0.115. The van der Waals surface area contributed by atoms with Crippen molar-refractivity contribution in [2.24, 2.45) is 0 Å². The van der Waals surface area contributed by atoms with E-state index in [4.69, 9.17) is 10.00 Å². The summed E-state index contributed by atoms with van der Waals surface area (Å²) in [5.41, 5.74) is 2.27. The van der Waals surface area contributed by atoms with Gasteiger partial charge in [0.15, 0.2) is 0 Å². The van der Waals surface area contributed by atoms with Crippen molar-refractivity contribution in [1.82, 2.24) is 5.32 Å². The number of aryl methyl sites for hydroxylation is 1. The first-order valence-corrected chi connectivity index (χ1v) is 7.67. The third-order valence-corrected chi connectivity index (χ3v) is 3.35. The molecule has 0 aliphatic carbocycles. The molecule has 4 nitrogen and oxygen atoms in total. The number of amides is 1. The van der Waals surface area contributed by atoms with Crippen LogP contribution in [0.25, 0.3) is 0 Å². The Kier molecular flexibility index (Phi) is 6.67. The second-order valence-electron chi connectivity index (χ2n) is 5.20. The van der Waals surface area contributed by atoms with Gasteiger partial charge in [-0.15, -0.1) is 0 Å². The lowest BCUT2D eigenvalue weighted by Gasteiger charge is -2.09. The Labute approximate surface area is 136 Å². The fraction of sp³-hybridized carbons (Fsp3) is 0.263. The van der Waals surface area contributed by atoms with Gasteiger partial charge in [-0.25, -0.2) is 0 Å². The summed E-state index contributed by atoms with van der Waals surface area (Å²) >= 11 is 0. The smallest absolute Gasteiger partial charge is 0.234 e. The van der Waals surface area contributed by atoms with Crippen LogP contribution in [0.4, 0.5) is 0 Å². The molecular formula is C19H20N2O2.